The normalized spacial score (nSPS) is 33.2. The summed E-state index contributed by atoms with van der Waals surface area (Å²) < 4.78 is 23.4. The third-order valence-electron chi connectivity index (χ3n) is 3.68. The Morgan fingerprint density at radius 1 is 1.18 bits per heavy atom. The molecule has 0 amide bonds. The van der Waals surface area contributed by atoms with Crippen LogP contribution in [-0.4, -0.2) is 36.7 Å². The lowest BCUT2D eigenvalue weighted by Crippen LogP contribution is -2.31. The minimum Gasteiger partial charge on any atom is -0.345 e. The second-order valence-electron chi connectivity index (χ2n) is 5.85. The molecule has 0 saturated carbocycles. The van der Waals surface area contributed by atoms with Crippen molar-refractivity contribution in [3.05, 3.63) is 48.0 Å². The minimum atomic E-state index is -0.680. The van der Waals surface area contributed by atoms with Crippen LogP contribution >= 0.6 is 0 Å². The SMILES string of the molecule is CC1(C)O[C@@H]2[C@H](OCc3ccccc3)O[C@@H](/C=C/C=O)[C@H]2O1. The van der Waals surface area contributed by atoms with Crippen LogP contribution < -0.4 is 0 Å². The van der Waals surface area contributed by atoms with Crippen LogP contribution in [0, 0.1) is 0 Å². The Bertz CT molecular complexity index is 539. The summed E-state index contributed by atoms with van der Waals surface area (Å²) in [4.78, 5) is 10.5. The fourth-order valence-electron chi connectivity index (χ4n) is 2.79. The molecule has 0 spiro atoms. The highest BCUT2D eigenvalue weighted by Gasteiger charge is 2.55. The van der Waals surface area contributed by atoms with Crippen LogP contribution in [0.1, 0.15) is 19.4 Å². The van der Waals surface area contributed by atoms with E-state index in [1.165, 1.54) is 6.08 Å². The molecule has 0 unspecified atom stereocenters. The molecule has 2 heterocycles. The molecule has 2 saturated heterocycles. The molecule has 1 aromatic carbocycles. The van der Waals surface area contributed by atoms with E-state index in [1.54, 1.807) is 6.08 Å². The van der Waals surface area contributed by atoms with Crippen molar-refractivity contribution in [2.75, 3.05) is 0 Å². The van der Waals surface area contributed by atoms with Gasteiger partial charge in [0.2, 0.25) is 0 Å². The van der Waals surface area contributed by atoms with Crippen molar-refractivity contribution < 1.29 is 23.7 Å². The van der Waals surface area contributed by atoms with E-state index in [0.29, 0.717) is 6.61 Å². The van der Waals surface area contributed by atoms with Crippen molar-refractivity contribution in [1.29, 1.82) is 0 Å². The number of carbonyl (C=O) groups is 1. The molecular weight excluding hydrogens is 284 g/mol. The lowest BCUT2D eigenvalue weighted by atomic mass is 10.1. The molecule has 0 aromatic heterocycles. The van der Waals surface area contributed by atoms with Gasteiger partial charge in [-0.05, 0) is 31.6 Å². The Hall–Kier alpha value is -1.53. The van der Waals surface area contributed by atoms with E-state index in [0.717, 1.165) is 11.8 Å². The van der Waals surface area contributed by atoms with E-state index < -0.39 is 12.1 Å². The maximum Gasteiger partial charge on any atom is 0.187 e. The first-order valence-electron chi connectivity index (χ1n) is 7.38. The Balaban J connectivity index is 1.68. The molecule has 1 aromatic rings. The molecule has 2 aliphatic rings. The van der Waals surface area contributed by atoms with E-state index >= 15 is 0 Å². The van der Waals surface area contributed by atoms with Crippen LogP contribution in [0.3, 0.4) is 0 Å². The van der Waals surface area contributed by atoms with Crippen LogP contribution in [0.2, 0.25) is 0 Å². The topological polar surface area (TPSA) is 54.0 Å². The van der Waals surface area contributed by atoms with Crippen molar-refractivity contribution in [1.82, 2.24) is 0 Å². The maximum atomic E-state index is 10.5. The molecule has 118 valence electrons. The van der Waals surface area contributed by atoms with Gasteiger partial charge in [0.1, 0.15) is 24.6 Å². The Labute approximate surface area is 129 Å². The van der Waals surface area contributed by atoms with Gasteiger partial charge in [0.05, 0.1) is 6.61 Å². The quantitative estimate of drug-likeness (QED) is 0.616. The standard InChI is InChI=1S/C17H20O5/c1-17(2)21-14-13(9-6-10-18)20-16(15(14)22-17)19-11-12-7-4-3-5-8-12/h3-10,13-16H,11H2,1-2H3/b9-6+/t13-,14+,15-,16+/m0/s1. The van der Waals surface area contributed by atoms with Gasteiger partial charge in [-0.2, -0.15) is 0 Å². The molecule has 5 nitrogen and oxygen atoms in total. The molecule has 0 aliphatic carbocycles. The number of benzene rings is 1. The van der Waals surface area contributed by atoms with Crippen LogP contribution in [0.25, 0.3) is 0 Å². The third-order valence-corrected chi connectivity index (χ3v) is 3.68. The van der Waals surface area contributed by atoms with Crippen LogP contribution in [0.4, 0.5) is 0 Å². The fourth-order valence-corrected chi connectivity index (χ4v) is 2.79. The zero-order chi connectivity index (χ0) is 15.6. The van der Waals surface area contributed by atoms with E-state index in [-0.39, 0.29) is 18.3 Å². The molecule has 0 radical (unpaired) electrons. The molecular formula is C17H20O5. The van der Waals surface area contributed by atoms with Gasteiger partial charge in [-0.15, -0.1) is 0 Å². The summed E-state index contributed by atoms with van der Waals surface area (Å²) in [6.45, 7) is 4.16. The molecule has 2 aliphatic heterocycles. The van der Waals surface area contributed by atoms with Gasteiger partial charge in [0.15, 0.2) is 12.1 Å². The summed E-state index contributed by atoms with van der Waals surface area (Å²) in [7, 11) is 0. The van der Waals surface area contributed by atoms with Gasteiger partial charge < -0.3 is 18.9 Å². The summed E-state index contributed by atoms with van der Waals surface area (Å²) in [5.41, 5.74) is 1.06. The van der Waals surface area contributed by atoms with Crippen molar-refractivity contribution in [2.24, 2.45) is 0 Å². The molecule has 4 atom stereocenters. The van der Waals surface area contributed by atoms with E-state index in [1.807, 2.05) is 44.2 Å². The Morgan fingerprint density at radius 2 is 1.91 bits per heavy atom. The predicted molar refractivity (Wildman–Crippen MR) is 78.9 cm³/mol. The van der Waals surface area contributed by atoms with Crippen LogP contribution in [0.5, 0.6) is 0 Å². The number of carbonyl (C=O) groups excluding carboxylic acids is 1. The predicted octanol–water partition coefficient (Wildman–Crippen LogP) is 2.20. The summed E-state index contributed by atoms with van der Waals surface area (Å²) in [5.74, 6) is -0.680. The van der Waals surface area contributed by atoms with Gasteiger partial charge in [-0.25, -0.2) is 0 Å². The Kier molecular flexibility index (Phi) is 4.40. The average Bonchev–Trinajstić information content (AvgIpc) is 2.98. The van der Waals surface area contributed by atoms with Crippen molar-refractivity contribution >= 4 is 6.29 Å². The zero-order valence-electron chi connectivity index (χ0n) is 12.7. The summed E-state index contributed by atoms with van der Waals surface area (Å²) in [5, 5.41) is 0. The van der Waals surface area contributed by atoms with Gasteiger partial charge in [-0.1, -0.05) is 30.3 Å². The summed E-state index contributed by atoms with van der Waals surface area (Å²) >= 11 is 0. The smallest absolute Gasteiger partial charge is 0.187 e. The molecule has 3 rings (SSSR count). The number of allylic oxidation sites excluding steroid dienone is 1. The Morgan fingerprint density at radius 3 is 2.64 bits per heavy atom. The fraction of sp³-hybridized carbons (Fsp3) is 0.471. The first-order chi connectivity index (χ1) is 10.6. The number of ether oxygens (including phenoxy) is 4. The lowest BCUT2D eigenvalue weighted by Gasteiger charge is -2.23. The van der Waals surface area contributed by atoms with Gasteiger partial charge in [0.25, 0.3) is 0 Å². The first kappa shape index (κ1) is 15.4. The number of hydrogen-bond acceptors (Lipinski definition) is 5. The molecule has 0 N–H and O–H groups in total. The van der Waals surface area contributed by atoms with E-state index in [4.69, 9.17) is 18.9 Å². The molecule has 5 heteroatoms. The van der Waals surface area contributed by atoms with E-state index in [9.17, 15) is 4.79 Å². The maximum absolute atomic E-state index is 10.5. The second kappa shape index (κ2) is 6.30. The molecule has 2 fully saturated rings. The monoisotopic (exact) mass is 304 g/mol. The zero-order valence-corrected chi connectivity index (χ0v) is 12.7. The molecule has 22 heavy (non-hydrogen) atoms. The largest absolute Gasteiger partial charge is 0.345 e. The summed E-state index contributed by atoms with van der Waals surface area (Å²) in [6, 6.07) is 9.87. The highest BCUT2D eigenvalue weighted by molar-refractivity contribution is 5.64. The minimum absolute atomic E-state index is 0.271. The summed E-state index contributed by atoms with van der Waals surface area (Å²) in [6.07, 6.45) is 2.37. The highest BCUT2D eigenvalue weighted by Crippen LogP contribution is 2.39. The van der Waals surface area contributed by atoms with Crippen molar-refractivity contribution in [2.45, 2.75) is 50.8 Å². The van der Waals surface area contributed by atoms with Gasteiger partial charge in [-0.3, -0.25) is 4.79 Å². The number of aldehydes is 1. The lowest BCUT2D eigenvalue weighted by molar-refractivity contribution is -0.231. The van der Waals surface area contributed by atoms with Gasteiger partial charge in [0, 0.05) is 0 Å². The van der Waals surface area contributed by atoms with Gasteiger partial charge >= 0.3 is 0 Å². The molecule has 0 bridgehead atoms. The average molecular weight is 304 g/mol. The van der Waals surface area contributed by atoms with Crippen LogP contribution in [-0.2, 0) is 30.3 Å². The van der Waals surface area contributed by atoms with Crippen LogP contribution in [0.15, 0.2) is 42.5 Å². The highest BCUT2D eigenvalue weighted by atomic mass is 16.8. The number of rotatable bonds is 5. The first-order valence-corrected chi connectivity index (χ1v) is 7.38. The number of fused-ring (bicyclic) bond motifs is 1. The third kappa shape index (κ3) is 3.28. The second-order valence-corrected chi connectivity index (χ2v) is 5.85. The number of hydrogen-bond donors (Lipinski definition) is 0. The van der Waals surface area contributed by atoms with Crippen molar-refractivity contribution in [3.63, 3.8) is 0 Å². The van der Waals surface area contributed by atoms with E-state index in [2.05, 4.69) is 0 Å². The van der Waals surface area contributed by atoms with Crippen molar-refractivity contribution in [3.8, 4) is 0 Å².